The molecule has 2 rings (SSSR count). The van der Waals surface area contributed by atoms with Crippen molar-refractivity contribution in [2.75, 3.05) is 5.32 Å². The molecule has 0 saturated carbocycles. The Morgan fingerprint density at radius 1 is 1.14 bits per heavy atom. The lowest BCUT2D eigenvalue weighted by Crippen LogP contribution is -2.11. The number of anilines is 1. The van der Waals surface area contributed by atoms with Gasteiger partial charge in [0.15, 0.2) is 0 Å². The number of rotatable bonds is 6. The topological polar surface area (TPSA) is 12.0 Å². The zero-order valence-electron chi connectivity index (χ0n) is 12.5. The van der Waals surface area contributed by atoms with E-state index in [0.29, 0.717) is 0 Å². The van der Waals surface area contributed by atoms with Crippen LogP contribution in [0.4, 0.5) is 10.1 Å². The predicted octanol–water partition coefficient (Wildman–Crippen LogP) is 6.24. The fraction of sp³-hybridized carbons (Fsp3) is 0.333. The molecule has 0 saturated heterocycles. The van der Waals surface area contributed by atoms with Crippen LogP contribution in [0.25, 0.3) is 0 Å². The maximum atomic E-state index is 13.1. The van der Waals surface area contributed by atoms with Crippen LogP contribution >= 0.6 is 15.9 Å². The van der Waals surface area contributed by atoms with Gasteiger partial charge < -0.3 is 5.32 Å². The number of halogens is 2. The Kier molecular flexibility index (Phi) is 5.80. The van der Waals surface area contributed by atoms with Gasteiger partial charge in [-0.05, 0) is 54.8 Å². The average Bonchev–Trinajstić information content (AvgIpc) is 2.46. The molecule has 0 amide bonds. The highest BCUT2D eigenvalue weighted by molar-refractivity contribution is 9.10. The van der Waals surface area contributed by atoms with Gasteiger partial charge in [0, 0.05) is 10.2 Å². The first-order valence-electron chi connectivity index (χ1n) is 7.38. The maximum absolute atomic E-state index is 13.1. The largest absolute Gasteiger partial charge is 0.378 e. The molecule has 0 heterocycles. The number of hydrogen-bond acceptors (Lipinski definition) is 1. The standard InChI is InChI=1S/C18H21BrFN/c1-3-4-5-18(14-6-9-16(20)10-7-14)21-17-11-8-15(19)12-13(17)2/h6-12,18,21H,3-5H2,1-2H3. The van der Waals surface area contributed by atoms with Gasteiger partial charge in [0.05, 0.1) is 6.04 Å². The van der Waals surface area contributed by atoms with Crippen LogP contribution in [-0.4, -0.2) is 0 Å². The van der Waals surface area contributed by atoms with Crippen LogP contribution in [0.1, 0.15) is 43.4 Å². The van der Waals surface area contributed by atoms with Crippen LogP contribution in [0.3, 0.4) is 0 Å². The molecule has 1 unspecified atom stereocenters. The molecular weight excluding hydrogens is 329 g/mol. The van der Waals surface area contributed by atoms with E-state index in [1.807, 2.05) is 18.2 Å². The van der Waals surface area contributed by atoms with Crippen LogP contribution in [0.2, 0.25) is 0 Å². The van der Waals surface area contributed by atoms with Gasteiger partial charge in [-0.1, -0.05) is 47.8 Å². The summed E-state index contributed by atoms with van der Waals surface area (Å²) in [5.74, 6) is -0.187. The van der Waals surface area contributed by atoms with E-state index < -0.39 is 0 Å². The number of benzene rings is 2. The molecule has 1 atom stereocenters. The highest BCUT2D eigenvalue weighted by Crippen LogP contribution is 2.28. The van der Waals surface area contributed by atoms with Gasteiger partial charge >= 0.3 is 0 Å². The third-order valence-electron chi connectivity index (χ3n) is 3.64. The molecule has 1 nitrogen and oxygen atoms in total. The smallest absolute Gasteiger partial charge is 0.123 e. The third-order valence-corrected chi connectivity index (χ3v) is 4.13. The highest BCUT2D eigenvalue weighted by Gasteiger charge is 2.12. The van der Waals surface area contributed by atoms with E-state index in [9.17, 15) is 4.39 Å². The van der Waals surface area contributed by atoms with Crippen molar-refractivity contribution in [3.8, 4) is 0 Å². The van der Waals surface area contributed by atoms with Crippen molar-refractivity contribution in [1.82, 2.24) is 0 Å². The lowest BCUT2D eigenvalue weighted by Gasteiger charge is -2.22. The molecule has 112 valence electrons. The molecule has 0 bridgehead atoms. The van der Waals surface area contributed by atoms with Crippen molar-refractivity contribution >= 4 is 21.6 Å². The summed E-state index contributed by atoms with van der Waals surface area (Å²) in [6.45, 7) is 4.28. The zero-order valence-corrected chi connectivity index (χ0v) is 14.1. The summed E-state index contributed by atoms with van der Waals surface area (Å²) >= 11 is 3.49. The van der Waals surface area contributed by atoms with Gasteiger partial charge in [0.2, 0.25) is 0 Å². The third kappa shape index (κ3) is 4.57. The first-order chi connectivity index (χ1) is 10.1. The van der Waals surface area contributed by atoms with Crippen molar-refractivity contribution in [2.45, 2.75) is 39.2 Å². The summed E-state index contributed by atoms with van der Waals surface area (Å²) < 4.78 is 14.2. The minimum atomic E-state index is -0.187. The highest BCUT2D eigenvalue weighted by atomic mass is 79.9. The van der Waals surface area contributed by atoms with Gasteiger partial charge in [-0.25, -0.2) is 4.39 Å². The Balaban J connectivity index is 2.21. The van der Waals surface area contributed by atoms with E-state index in [-0.39, 0.29) is 11.9 Å². The Morgan fingerprint density at radius 2 is 1.86 bits per heavy atom. The molecule has 0 radical (unpaired) electrons. The summed E-state index contributed by atoms with van der Waals surface area (Å²) in [4.78, 5) is 0. The fourth-order valence-electron chi connectivity index (χ4n) is 2.40. The van der Waals surface area contributed by atoms with Crippen molar-refractivity contribution in [3.63, 3.8) is 0 Å². The Morgan fingerprint density at radius 3 is 2.48 bits per heavy atom. The SMILES string of the molecule is CCCCC(Nc1ccc(Br)cc1C)c1ccc(F)cc1. The summed E-state index contributed by atoms with van der Waals surface area (Å²) in [6.07, 6.45) is 3.33. The molecular formula is C18H21BrFN. The Bertz CT molecular complexity index is 580. The van der Waals surface area contributed by atoms with E-state index in [1.54, 1.807) is 0 Å². The monoisotopic (exact) mass is 349 g/mol. The lowest BCUT2D eigenvalue weighted by molar-refractivity contribution is 0.616. The molecule has 3 heteroatoms. The summed E-state index contributed by atoms with van der Waals surface area (Å²) in [5, 5.41) is 3.60. The van der Waals surface area contributed by atoms with Gasteiger partial charge in [0.25, 0.3) is 0 Å². The zero-order chi connectivity index (χ0) is 15.2. The van der Waals surface area contributed by atoms with Gasteiger partial charge in [-0.2, -0.15) is 0 Å². The van der Waals surface area contributed by atoms with E-state index in [4.69, 9.17) is 0 Å². The van der Waals surface area contributed by atoms with E-state index in [1.165, 1.54) is 17.7 Å². The molecule has 0 aliphatic carbocycles. The number of hydrogen-bond donors (Lipinski definition) is 1. The van der Waals surface area contributed by atoms with Crippen molar-refractivity contribution < 1.29 is 4.39 Å². The molecule has 21 heavy (non-hydrogen) atoms. The molecule has 0 aromatic heterocycles. The molecule has 2 aromatic rings. The van der Waals surface area contributed by atoms with E-state index in [0.717, 1.165) is 35.0 Å². The van der Waals surface area contributed by atoms with Crippen LogP contribution < -0.4 is 5.32 Å². The average molecular weight is 350 g/mol. The first-order valence-corrected chi connectivity index (χ1v) is 8.17. The predicted molar refractivity (Wildman–Crippen MR) is 91.2 cm³/mol. The van der Waals surface area contributed by atoms with E-state index in [2.05, 4.69) is 47.2 Å². The van der Waals surface area contributed by atoms with Crippen LogP contribution in [0.15, 0.2) is 46.9 Å². The van der Waals surface area contributed by atoms with Gasteiger partial charge in [-0.3, -0.25) is 0 Å². The molecule has 0 spiro atoms. The Labute approximate surface area is 134 Å². The van der Waals surface area contributed by atoms with Crippen molar-refractivity contribution in [1.29, 1.82) is 0 Å². The van der Waals surface area contributed by atoms with Crippen LogP contribution in [0, 0.1) is 12.7 Å². The molecule has 0 aliphatic heterocycles. The number of aryl methyl sites for hydroxylation is 1. The second kappa shape index (κ2) is 7.60. The number of unbranched alkanes of at least 4 members (excludes halogenated alkanes) is 1. The lowest BCUT2D eigenvalue weighted by atomic mass is 10.00. The van der Waals surface area contributed by atoms with Crippen LogP contribution in [0.5, 0.6) is 0 Å². The minimum Gasteiger partial charge on any atom is -0.378 e. The van der Waals surface area contributed by atoms with Crippen LogP contribution in [-0.2, 0) is 0 Å². The molecule has 0 aliphatic rings. The van der Waals surface area contributed by atoms with Crippen molar-refractivity contribution in [3.05, 3.63) is 63.9 Å². The normalized spacial score (nSPS) is 12.2. The minimum absolute atomic E-state index is 0.187. The molecule has 2 aromatic carbocycles. The summed E-state index contributed by atoms with van der Waals surface area (Å²) in [5.41, 5.74) is 3.46. The Hall–Kier alpha value is -1.35. The van der Waals surface area contributed by atoms with E-state index >= 15 is 0 Å². The fourth-order valence-corrected chi connectivity index (χ4v) is 2.88. The van der Waals surface area contributed by atoms with Crippen molar-refractivity contribution in [2.24, 2.45) is 0 Å². The molecule has 1 N–H and O–H groups in total. The maximum Gasteiger partial charge on any atom is 0.123 e. The summed E-state index contributed by atoms with van der Waals surface area (Å²) in [6, 6.07) is 13.2. The van der Waals surface area contributed by atoms with Gasteiger partial charge in [0.1, 0.15) is 5.82 Å². The summed E-state index contributed by atoms with van der Waals surface area (Å²) in [7, 11) is 0. The second-order valence-electron chi connectivity index (χ2n) is 5.35. The number of nitrogens with one attached hydrogen (secondary N) is 1. The first kappa shape index (κ1) is 16.0. The quantitative estimate of drug-likeness (QED) is 0.650. The molecule has 0 fully saturated rings. The second-order valence-corrected chi connectivity index (χ2v) is 6.27. The van der Waals surface area contributed by atoms with Gasteiger partial charge in [-0.15, -0.1) is 0 Å².